The predicted molar refractivity (Wildman–Crippen MR) is 125 cm³/mol. The topological polar surface area (TPSA) is 74.3 Å². The van der Waals surface area contributed by atoms with E-state index in [9.17, 15) is 9.59 Å². The Bertz CT molecular complexity index is 1020. The van der Waals surface area contributed by atoms with Crippen LogP contribution in [0.4, 0.5) is 10.8 Å². The Balaban J connectivity index is 1.50. The third kappa shape index (κ3) is 6.16. The first-order valence-corrected chi connectivity index (χ1v) is 11.5. The summed E-state index contributed by atoms with van der Waals surface area (Å²) in [5.74, 6) is -0.373. The average Bonchev–Trinajstić information content (AvgIpc) is 3.16. The second-order valence-electron chi connectivity index (χ2n) is 6.87. The standard InChI is InChI=1S/C22H24N4O2S2/c1-15-8-10-16(11-9-15)18-14-30-22(24-18)25-21(28)13-26(2)12-20(27)23-17-6-4-5-7-19(17)29-3/h4-11,14H,12-13H2,1-3H3,(H,23,27)(H,24,25,28). The highest BCUT2D eigenvalue weighted by molar-refractivity contribution is 7.98. The number of thioether (sulfide) groups is 1. The fourth-order valence-electron chi connectivity index (χ4n) is 2.83. The fraction of sp³-hybridized carbons (Fsp3) is 0.227. The Hall–Kier alpha value is -2.68. The molecule has 1 aromatic heterocycles. The largest absolute Gasteiger partial charge is 0.324 e. The summed E-state index contributed by atoms with van der Waals surface area (Å²) >= 11 is 2.95. The second kappa shape index (κ2) is 10.4. The lowest BCUT2D eigenvalue weighted by Crippen LogP contribution is -2.36. The van der Waals surface area contributed by atoms with Crippen LogP contribution >= 0.6 is 23.1 Å². The summed E-state index contributed by atoms with van der Waals surface area (Å²) in [5, 5.41) is 8.17. The number of likely N-dealkylation sites (N-methyl/N-ethyl adjacent to an activating group) is 1. The highest BCUT2D eigenvalue weighted by atomic mass is 32.2. The third-order valence-electron chi connectivity index (χ3n) is 4.31. The van der Waals surface area contributed by atoms with E-state index in [0.29, 0.717) is 5.13 Å². The molecule has 8 heteroatoms. The van der Waals surface area contributed by atoms with Gasteiger partial charge in [0.25, 0.3) is 0 Å². The molecule has 0 unspecified atom stereocenters. The molecule has 6 nitrogen and oxygen atoms in total. The number of anilines is 2. The van der Waals surface area contributed by atoms with Crippen LogP contribution in [0.2, 0.25) is 0 Å². The van der Waals surface area contributed by atoms with E-state index in [1.165, 1.54) is 16.9 Å². The van der Waals surface area contributed by atoms with Crippen LogP contribution in [-0.2, 0) is 9.59 Å². The van der Waals surface area contributed by atoms with E-state index in [4.69, 9.17) is 0 Å². The zero-order valence-corrected chi connectivity index (χ0v) is 18.8. The molecule has 0 fully saturated rings. The highest BCUT2D eigenvalue weighted by Crippen LogP contribution is 2.25. The predicted octanol–water partition coefficient (Wildman–Crippen LogP) is 4.35. The van der Waals surface area contributed by atoms with Crippen molar-refractivity contribution in [3.05, 3.63) is 59.5 Å². The Labute approximate surface area is 184 Å². The maximum absolute atomic E-state index is 12.3. The molecule has 3 rings (SSSR count). The van der Waals surface area contributed by atoms with Gasteiger partial charge >= 0.3 is 0 Å². The van der Waals surface area contributed by atoms with Crippen molar-refractivity contribution in [2.45, 2.75) is 11.8 Å². The van der Waals surface area contributed by atoms with Gasteiger partial charge in [0.1, 0.15) is 0 Å². The molecule has 0 radical (unpaired) electrons. The van der Waals surface area contributed by atoms with Crippen LogP contribution in [0.15, 0.2) is 58.8 Å². The van der Waals surface area contributed by atoms with Gasteiger partial charge in [-0.05, 0) is 32.4 Å². The molecule has 2 aromatic carbocycles. The Morgan fingerprint density at radius 2 is 1.70 bits per heavy atom. The zero-order chi connectivity index (χ0) is 21.5. The number of benzene rings is 2. The van der Waals surface area contributed by atoms with Crippen molar-refractivity contribution in [3.63, 3.8) is 0 Å². The molecule has 2 amide bonds. The summed E-state index contributed by atoms with van der Waals surface area (Å²) in [6.07, 6.45) is 1.96. The molecular formula is C22H24N4O2S2. The van der Waals surface area contributed by atoms with Gasteiger partial charge < -0.3 is 10.6 Å². The van der Waals surface area contributed by atoms with Gasteiger partial charge in [0.15, 0.2) is 5.13 Å². The molecule has 156 valence electrons. The van der Waals surface area contributed by atoms with E-state index in [-0.39, 0.29) is 24.9 Å². The van der Waals surface area contributed by atoms with Gasteiger partial charge in [0.05, 0.1) is 24.5 Å². The molecule has 0 aliphatic carbocycles. The first-order valence-electron chi connectivity index (χ1n) is 9.38. The smallest absolute Gasteiger partial charge is 0.240 e. The molecule has 30 heavy (non-hydrogen) atoms. The minimum Gasteiger partial charge on any atom is -0.324 e. The van der Waals surface area contributed by atoms with E-state index in [1.807, 2.05) is 67.1 Å². The molecule has 0 atom stereocenters. The third-order valence-corrected chi connectivity index (χ3v) is 5.86. The number of nitrogens with zero attached hydrogens (tertiary/aromatic N) is 2. The number of aryl methyl sites for hydroxylation is 1. The monoisotopic (exact) mass is 440 g/mol. The molecule has 1 heterocycles. The SMILES string of the molecule is CSc1ccccc1NC(=O)CN(C)CC(=O)Nc1nc(-c2ccc(C)cc2)cs1. The number of aromatic nitrogens is 1. The van der Waals surface area contributed by atoms with Crippen LogP contribution in [-0.4, -0.2) is 48.1 Å². The molecule has 2 N–H and O–H groups in total. The molecule has 0 aliphatic heterocycles. The maximum atomic E-state index is 12.3. The first-order chi connectivity index (χ1) is 14.4. The van der Waals surface area contributed by atoms with Crippen LogP contribution in [0.5, 0.6) is 0 Å². The number of nitrogens with one attached hydrogen (secondary N) is 2. The summed E-state index contributed by atoms with van der Waals surface area (Å²) in [5.41, 5.74) is 3.80. The number of para-hydroxylation sites is 1. The Kier molecular flexibility index (Phi) is 7.62. The number of hydrogen-bond acceptors (Lipinski definition) is 6. The number of rotatable bonds is 8. The van der Waals surface area contributed by atoms with Crippen molar-refractivity contribution in [1.82, 2.24) is 9.88 Å². The lowest BCUT2D eigenvalue weighted by atomic mass is 10.1. The molecular weight excluding hydrogens is 416 g/mol. The van der Waals surface area contributed by atoms with Crippen molar-refractivity contribution >= 4 is 45.7 Å². The van der Waals surface area contributed by atoms with Gasteiger partial charge in [0, 0.05) is 15.8 Å². The minimum atomic E-state index is -0.209. The van der Waals surface area contributed by atoms with Gasteiger partial charge in [-0.1, -0.05) is 42.0 Å². The summed E-state index contributed by atoms with van der Waals surface area (Å²) in [6, 6.07) is 15.7. The number of amides is 2. The van der Waals surface area contributed by atoms with E-state index in [0.717, 1.165) is 21.8 Å². The molecule has 0 spiro atoms. The summed E-state index contributed by atoms with van der Waals surface area (Å²) in [6.45, 7) is 2.24. The number of thiazole rings is 1. The molecule has 0 saturated carbocycles. The average molecular weight is 441 g/mol. The lowest BCUT2D eigenvalue weighted by Gasteiger charge is -2.16. The molecule has 0 bridgehead atoms. The normalized spacial score (nSPS) is 10.8. The van der Waals surface area contributed by atoms with Crippen molar-refractivity contribution in [2.24, 2.45) is 0 Å². The molecule has 0 aliphatic rings. The molecule has 3 aromatic rings. The van der Waals surface area contributed by atoms with Gasteiger partial charge in [-0.3, -0.25) is 14.5 Å². The van der Waals surface area contributed by atoms with Gasteiger partial charge in [-0.2, -0.15) is 0 Å². The van der Waals surface area contributed by atoms with Crippen molar-refractivity contribution < 1.29 is 9.59 Å². The minimum absolute atomic E-state index is 0.0943. The fourth-order valence-corrected chi connectivity index (χ4v) is 4.12. The number of carbonyl (C=O) groups excluding carboxylic acids is 2. The lowest BCUT2D eigenvalue weighted by molar-refractivity contribution is -0.119. The number of carbonyl (C=O) groups is 2. The number of hydrogen-bond donors (Lipinski definition) is 2. The van der Waals surface area contributed by atoms with Crippen molar-refractivity contribution in [2.75, 3.05) is 37.0 Å². The Morgan fingerprint density at radius 1 is 1.03 bits per heavy atom. The van der Waals surface area contributed by atoms with E-state index in [2.05, 4.69) is 15.6 Å². The van der Waals surface area contributed by atoms with Crippen LogP contribution < -0.4 is 10.6 Å². The van der Waals surface area contributed by atoms with E-state index in [1.54, 1.807) is 23.7 Å². The quantitative estimate of drug-likeness (QED) is 0.510. The van der Waals surface area contributed by atoms with Crippen LogP contribution in [0.1, 0.15) is 5.56 Å². The maximum Gasteiger partial charge on any atom is 0.240 e. The molecule has 0 saturated heterocycles. The first kappa shape index (κ1) is 22.0. The second-order valence-corrected chi connectivity index (χ2v) is 8.58. The van der Waals surface area contributed by atoms with Gasteiger partial charge in [-0.15, -0.1) is 23.1 Å². The van der Waals surface area contributed by atoms with Gasteiger partial charge in [0.2, 0.25) is 11.8 Å². The van der Waals surface area contributed by atoms with E-state index < -0.39 is 0 Å². The van der Waals surface area contributed by atoms with Crippen molar-refractivity contribution in [1.29, 1.82) is 0 Å². The summed E-state index contributed by atoms with van der Waals surface area (Å²) < 4.78 is 0. The zero-order valence-electron chi connectivity index (χ0n) is 17.1. The van der Waals surface area contributed by atoms with E-state index >= 15 is 0 Å². The van der Waals surface area contributed by atoms with Gasteiger partial charge in [-0.25, -0.2) is 4.98 Å². The van der Waals surface area contributed by atoms with Crippen LogP contribution in [0.3, 0.4) is 0 Å². The van der Waals surface area contributed by atoms with Crippen LogP contribution in [0, 0.1) is 6.92 Å². The summed E-state index contributed by atoms with van der Waals surface area (Å²) in [4.78, 5) is 31.8. The highest BCUT2D eigenvalue weighted by Gasteiger charge is 2.14. The summed E-state index contributed by atoms with van der Waals surface area (Å²) in [7, 11) is 1.74. The Morgan fingerprint density at radius 3 is 2.40 bits per heavy atom. The van der Waals surface area contributed by atoms with Crippen molar-refractivity contribution in [3.8, 4) is 11.3 Å². The van der Waals surface area contributed by atoms with Crippen LogP contribution in [0.25, 0.3) is 11.3 Å².